The molecule has 0 N–H and O–H groups in total. The number of carbonyl (C=O) groups excluding carboxylic acids is 2. The van der Waals surface area contributed by atoms with Gasteiger partial charge in [-0.1, -0.05) is 12.1 Å². The highest BCUT2D eigenvalue weighted by molar-refractivity contribution is 7.09. The van der Waals surface area contributed by atoms with Crippen molar-refractivity contribution in [3.63, 3.8) is 0 Å². The Morgan fingerprint density at radius 1 is 1.13 bits per heavy atom. The van der Waals surface area contributed by atoms with Crippen LogP contribution in [0, 0.1) is 5.92 Å². The molecule has 2 amide bonds. The molecule has 1 aliphatic heterocycles. The van der Waals surface area contributed by atoms with E-state index < -0.39 is 0 Å². The second kappa shape index (κ2) is 10.2. The molecule has 1 aromatic heterocycles. The molecule has 0 saturated heterocycles. The van der Waals surface area contributed by atoms with Gasteiger partial charge < -0.3 is 24.0 Å². The average Bonchev–Trinajstić information content (AvgIpc) is 3.29. The molecule has 0 unspecified atom stereocenters. The summed E-state index contributed by atoms with van der Waals surface area (Å²) in [5.41, 5.74) is 0.966. The molecule has 1 aliphatic carbocycles. The minimum atomic E-state index is -0.0579. The summed E-state index contributed by atoms with van der Waals surface area (Å²) in [7, 11) is 1.65. The Morgan fingerprint density at radius 2 is 1.97 bits per heavy atom. The number of benzene rings is 1. The maximum Gasteiger partial charge on any atom is 0.242 e. The summed E-state index contributed by atoms with van der Waals surface area (Å²) in [6, 6.07) is 9.75. The highest BCUT2D eigenvalue weighted by Gasteiger charge is 2.34. The lowest BCUT2D eigenvalue weighted by Gasteiger charge is -2.28. The van der Waals surface area contributed by atoms with Crippen molar-refractivity contribution in [3.8, 4) is 11.5 Å². The Hall–Kier alpha value is -2.58. The third-order valence-corrected chi connectivity index (χ3v) is 6.29. The molecule has 2 aliphatic rings. The van der Waals surface area contributed by atoms with E-state index in [1.807, 2.05) is 40.6 Å². The van der Waals surface area contributed by atoms with Crippen LogP contribution in [0.1, 0.15) is 29.7 Å². The van der Waals surface area contributed by atoms with Gasteiger partial charge in [-0.15, -0.1) is 11.3 Å². The standard InChI is InChI=1S/C23H28N2O5S/c1-28-10-3-9-24(23(27)18-6-7-18)15-22(26)25(14-19-4-2-11-31-19)13-17-5-8-20-21(12-17)30-16-29-20/h2,4-5,8,11-12,18H,3,6-7,9-10,13-16H2,1H3. The van der Waals surface area contributed by atoms with Crippen molar-refractivity contribution in [2.45, 2.75) is 32.4 Å². The van der Waals surface area contributed by atoms with Crippen molar-refractivity contribution >= 4 is 23.2 Å². The number of fused-ring (bicyclic) bond motifs is 1. The van der Waals surface area contributed by atoms with Gasteiger partial charge in [0.2, 0.25) is 18.6 Å². The van der Waals surface area contributed by atoms with Crippen molar-refractivity contribution in [1.29, 1.82) is 0 Å². The van der Waals surface area contributed by atoms with E-state index in [1.165, 1.54) is 0 Å². The molecule has 1 fully saturated rings. The van der Waals surface area contributed by atoms with Gasteiger partial charge in [0, 0.05) is 37.6 Å². The number of amides is 2. The lowest BCUT2D eigenvalue weighted by molar-refractivity contribution is -0.142. The lowest BCUT2D eigenvalue weighted by atomic mass is 10.2. The molecule has 31 heavy (non-hydrogen) atoms. The molecule has 7 nitrogen and oxygen atoms in total. The van der Waals surface area contributed by atoms with Crippen LogP contribution in [-0.4, -0.2) is 55.2 Å². The summed E-state index contributed by atoms with van der Waals surface area (Å²) in [6.07, 6.45) is 2.56. The zero-order valence-electron chi connectivity index (χ0n) is 17.7. The molecular weight excluding hydrogens is 416 g/mol. The Morgan fingerprint density at radius 3 is 2.71 bits per heavy atom. The van der Waals surface area contributed by atoms with Crippen LogP contribution in [0.5, 0.6) is 11.5 Å². The number of methoxy groups -OCH3 is 1. The summed E-state index contributed by atoms with van der Waals surface area (Å²) in [5.74, 6) is 1.53. The summed E-state index contributed by atoms with van der Waals surface area (Å²) in [6.45, 7) is 2.36. The molecule has 166 valence electrons. The third-order valence-electron chi connectivity index (χ3n) is 5.43. The Labute approximate surface area is 186 Å². The molecule has 2 aromatic rings. The molecular formula is C23H28N2O5S. The van der Waals surface area contributed by atoms with E-state index in [0.717, 1.165) is 35.5 Å². The number of rotatable bonds is 11. The van der Waals surface area contributed by atoms with E-state index in [-0.39, 0.29) is 31.1 Å². The molecule has 4 rings (SSSR count). The monoisotopic (exact) mass is 444 g/mol. The predicted octanol–water partition coefficient (Wildman–Crippen LogP) is 3.28. The van der Waals surface area contributed by atoms with E-state index in [2.05, 4.69) is 0 Å². The van der Waals surface area contributed by atoms with Gasteiger partial charge in [-0.25, -0.2) is 0 Å². The van der Waals surface area contributed by atoms with Crippen LogP contribution >= 0.6 is 11.3 Å². The van der Waals surface area contributed by atoms with Gasteiger partial charge >= 0.3 is 0 Å². The van der Waals surface area contributed by atoms with E-state index in [9.17, 15) is 9.59 Å². The van der Waals surface area contributed by atoms with Crippen molar-refractivity contribution in [2.24, 2.45) is 5.92 Å². The fourth-order valence-electron chi connectivity index (χ4n) is 3.60. The number of nitrogens with zero attached hydrogens (tertiary/aromatic N) is 2. The summed E-state index contributed by atoms with van der Waals surface area (Å²) < 4.78 is 16.0. The Bertz CT molecular complexity index is 897. The summed E-state index contributed by atoms with van der Waals surface area (Å²) in [4.78, 5) is 30.7. The van der Waals surface area contributed by atoms with Gasteiger partial charge in [0.1, 0.15) is 0 Å². The zero-order valence-corrected chi connectivity index (χ0v) is 18.6. The predicted molar refractivity (Wildman–Crippen MR) is 117 cm³/mol. The number of thiophene rings is 1. The quantitative estimate of drug-likeness (QED) is 0.498. The van der Waals surface area contributed by atoms with Crippen molar-refractivity contribution in [2.75, 3.05) is 33.6 Å². The Balaban J connectivity index is 1.47. The zero-order chi connectivity index (χ0) is 21.6. The minimum Gasteiger partial charge on any atom is -0.454 e. The van der Waals surface area contributed by atoms with Gasteiger partial charge in [-0.3, -0.25) is 9.59 Å². The molecule has 8 heteroatoms. The molecule has 2 heterocycles. The number of carbonyl (C=O) groups is 2. The maximum atomic E-state index is 13.3. The van der Waals surface area contributed by atoms with Gasteiger partial charge in [0.15, 0.2) is 11.5 Å². The van der Waals surface area contributed by atoms with E-state index in [0.29, 0.717) is 32.0 Å². The highest BCUT2D eigenvalue weighted by atomic mass is 32.1. The smallest absolute Gasteiger partial charge is 0.242 e. The first kappa shape index (κ1) is 21.6. The van der Waals surface area contributed by atoms with Crippen LogP contribution in [0.4, 0.5) is 0 Å². The molecule has 1 saturated carbocycles. The summed E-state index contributed by atoms with van der Waals surface area (Å²) >= 11 is 1.62. The van der Waals surface area contributed by atoms with E-state index >= 15 is 0 Å². The van der Waals surface area contributed by atoms with Crippen molar-refractivity contribution < 1.29 is 23.8 Å². The fraction of sp³-hybridized carbons (Fsp3) is 0.478. The first-order valence-electron chi connectivity index (χ1n) is 10.6. The normalized spacial score (nSPS) is 14.5. The van der Waals surface area contributed by atoms with Crippen LogP contribution in [0.25, 0.3) is 0 Å². The molecule has 0 bridgehead atoms. The van der Waals surface area contributed by atoms with Gasteiger partial charge in [0.05, 0.1) is 13.1 Å². The Kier molecular flexibility index (Phi) is 7.09. The molecule has 0 radical (unpaired) electrons. The van der Waals surface area contributed by atoms with Crippen molar-refractivity contribution in [1.82, 2.24) is 9.80 Å². The van der Waals surface area contributed by atoms with E-state index in [1.54, 1.807) is 23.3 Å². The van der Waals surface area contributed by atoms with Crippen LogP contribution in [0.2, 0.25) is 0 Å². The molecule has 1 aromatic carbocycles. The first-order valence-corrected chi connectivity index (χ1v) is 11.5. The van der Waals surface area contributed by atoms with Gasteiger partial charge in [0.25, 0.3) is 0 Å². The fourth-order valence-corrected chi connectivity index (χ4v) is 4.32. The average molecular weight is 445 g/mol. The van der Waals surface area contributed by atoms with Crippen LogP contribution in [-0.2, 0) is 27.4 Å². The highest BCUT2D eigenvalue weighted by Crippen LogP contribution is 2.33. The lowest BCUT2D eigenvalue weighted by Crippen LogP contribution is -2.43. The minimum absolute atomic E-state index is 0.0579. The van der Waals surface area contributed by atoms with Crippen molar-refractivity contribution in [3.05, 3.63) is 46.2 Å². The SMILES string of the molecule is COCCCN(CC(=O)N(Cc1ccc2c(c1)OCO2)Cc1cccs1)C(=O)C1CC1. The second-order valence-corrected chi connectivity index (χ2v) is 8.93. The summed E-state index contributed by atoms with van der Waals surface area (Å²) in [5, 5.41) is 2.01. The van der Waals surface area contributed by atoms with Gasteiger partial charge in [-0.2, -0.15) is 0 Å². The largest absolute Gasteiger partial charge is 0.454 e. The second-order valence-electron chi connectivity index (χ2n) is 7.90. The van der Waals surface area contributed by atoms with Crippen LogP contribution in [0.15, 0.2) is 35.7 Å². The molecule has 0 atom stereocenters. The van der Waals surface area contributed by atoms with Gasteiger partial charge in [-0.05, 0) is 48.4 Å². The van der Waals surface area contributed by atoms with Crippen LogP contribution in [0.3, 0.4) is 0 Å². The first-order chi connectivity index (χ1) is 15.1. The third kappa shape index (κ3) is 5.77. The maximum absolute atomic E-state index is 13.3. The van der Waals surface area contributed by atoms with Crippen LogP contribution < -0.4 is 9.47 Å². The van der Waals surface area contributed by atoms with E-state index in [4.69, 9.17) is 14.2 Å². The number of ether oxygens (including phenoxy) is 3. The molecule has 0 spiro atoms. The number of hydrogen-bond acceptors (Lipinski definition) is 6. The topological polar surface area (TPSA) is 68.3 Å². The number of hydrogen-bond donors (Lipinski definition) is 0.